The van der Waals surface area contributed by atoms with E-state index in [9.17, 15) is 9.90 Å². The molecular weight excluding hydrogens is 240 g/mol. The molecule has 0 saturated heterocycles. The number of aliphatic hydroxyl groups is 1. The van der Waals surface area contributed by atoms with E-state index in [-0.39, 0.29) is 12.1 Å². The zero-order valence-electron chi connectivity index (χ0n) is 12.7. The van der Waals surface area contributed by atoms with E-state index < -0.39 is 5.60 Å². The first-order chi connectivity index (χ1) is 8.81. The normalized spacial score (nSPS) is 25.2. The van der Waals surface area contributed by atoms with Gasteiger partial charge >= 0.3 is 5.97 Å². The van der Waals surface area contributed by atoms with E-state index in [0.29, 0.717) is 12.3 Å². The summed E-state index contributed by atoms with van der Waals surface area (Å²) in [5.74, 6) is 0.305. The quantitative estimate of drug-likeness (QED) is 0.626. The van der Waals surface area contributed by atoms with E-state index in [0.717, 1.165) is 37.7 Å². The zero-order valence-corrected chi connectivity index (χ0v) is 12.7. The molecule has 0 aliphatic heterocycles. The van der Waals surface area contributed by atoms with Crippen LogP contribution in [-0.2, 0) is 9.53 Å². The van der Waals surface area contributed by atoms with Crippen molar-refractivity contribution in [2.24, 2.45) is 5.92 Å². The molecule has 3 nitrogen and oxygen atoms in total. The molecule has 0 aromatic rings. The van der Waals surface area contributed by atoms with E-state index in [1.54, 1.807) is 0 Å². The van der Waals surface area contributed by atoms with Gasteiger partial charge in [-0.15, -0.1) is 0 Å². The van der Waals surface area contributed by atoms with Crippen molar-refractivity contribution in [3.63, 3.8) is 0 Å². The summed E-state index contributed by atoms with van der Waals surface area (Å²) in [5.41, 5.74) is 0.321. The number of allylic oxidation sites excluding steroid dienone is 1. The van der Waals surface area contributed by atoms with Crippen molar-refractivity contribution in [1.29, 1.82) is 0 Å². The van der Waals surface area contributed by atoms with Gasteiger partial charge in [0.1, 0.15) is 5.60 Å². The minimum atomic E-state index is -0.438. The highest BCUT2D eigenvalue weighted by molar-refractivity contribution is 5.88. The van der Waals surface area contributed by atoms with Crippen LogP contribution in [0, 0.1) is 5.92 Å². The van der Waals surface area contributed by atoms with Crippen LogP contribution in [0.3, 0.4) is 0 Å². The second-order valence-corrected chi connectivity index (χ2v) is 6.51. The highest BCUT2D eigenvalue weighted by Crippen LogP contribution is 2.28. The molecule has 3 heteroatoms. The predicted octanol–water partition coefficient (Wildman–Crippen LogP) is 3.61. The first-order valence-electron chi connectivity index (χ1n) is 7.42. The van der Waals surface area contributed by atoms with Crippen LogP contribution in [0.1, 0.15) is 66.2 Å². The Balaban J connectivity index is 2.54. The Morgan fingerprint density at radius 1 is 1.37 bits per heavy atom. The summed E-state index contributed by atoms with van der Waals surface area (Å²) >= 11 is 0. The average molecular weight is 268 g/mol. The van der Waals surface area contributed by atoms with Crippen molar-refractivity contribution in [3.05, 3.63) is 11.6 Å². The number of carbonyl (C=O) groups is 1. The second kappa shape index (κ2) is 7.09. The maximum atomic E-state index is 12.0. The molecule has 1 fully saturated rings. The third-order valence-electron chi connectivity index (χ3n) is 3.49. The van der Waals surface area contributed by atoms with Gasteiger partial charge in [-0.3, -0.25) is 0 Å². The molecule has 1 aliphatic rings. The number of rotatable bonds is 4. The van der Waals surface area contributed by atoms with Gasteiger partial charge in [-0.05, 0) is 58.8 Å². The maximum Gasteiger partial charge on any atom is 0.334 e. The molecule has 1 aliphatic carbocycles. The molecule has 110 valence electrons. The number of esters is 1. The van der Waals surface area contributed by atoms with Crippen LogP contribution in [0.2, 0.25) is 0 Å². The number of hydrogen-bond donors (Lipinski definition) is 1. The van der Waals surface area contributed by atoms with Gasteiger partial charge in [-0.2, -0.15) is 0 Å². The molecule has 2 atom stereocenters. The first-order valence-corrected chi connectivity index (χ1v) is 7.42. The fourth-order valence-corrected chi connectivity index (χ4v) is 2.50. The molecule has 0 aromatic carbocycles. The van der Waals surface area contributed by atoms with Crippen LogP contribution in [0.5, 0.6) is 0 Å². The minimum absolute atomic E-state index is 0.154. The molecule has 0 aromatic heterocycles. The molecule has 0 bridgehead atoms. The first kappa shape index (κ1) is 16.2. The number of ether oxygens (including phenoxy) is 1. The van der Waals surface area contributed by atoms with Crippen LogP contribution in [0.4, 0.5) is 0 Å². The van der Waals surface area contributed by atoms with Crippen LogP contribution in [-0.4, -0.2) is 22.8 Å². The van der Waals surface area contributed by atoms with Crippen molar-refractivity contribution in [3.8, 4) is 0 Å². The fraction of sp³-hybridized carbons (Fsp3) is 0.812. The molecule has 0 amide bonds. The molecule has 0 heterocycles. The summed E-state index contributed by atoms with van der Waals surface area (Å²) in [4.78, 5) is 12.0. The SMILES string of the molecule is CCC(=CCC1CCCC(O)C1)C(=O)OC(C)(C)C. The average Bonchev–Trinajstić information content (AvgIpc) is 2.27. The van der Waals surface area contributed by atoms with Gasteiger partial charge in [-0.1, -0.05) is 19.4 Å². The molecule has 1 N–H and O–H groups in total. The van der Waals surface area contributed by atoms with Crippen molar-refractivity contribution in [2.45, 2.75) is 77.9 Å². The molecule has 1 saturated carbocycles. The largest absolute Gasteiger partial charge is 0.457 e. The van der Waals surface area contributed by atoms with Gasteiger partial charge in [0.15, 0.2) is 0 Å². The van der Waals surface area contributed by atoms with Gasteiger partial charge in [0.05, 0.1) is 6.10 Å². The van der Waals surface area contributed by atoms with Crippen LogP contribution >= 0.6 is 0 Å². The number of hydrogen-bond acceptors (Lipinski definition) is 3. The smallest absolute Gasteiger partial charge is 0.334 e. The highest BCUT2D eigenvalue weighted by Gasteiger charge is 2.21. The molecule has 1 rings (SSSR count). The lowest BCUT2D eigenvalue weighted by molar-refractivity contribution is -0.150. The summed E-state index contributed by atoms with van der Waals surface area (Å²) in [6, 6.07) is 0. The lowest BCUT2D eigenvalue weighted by Crippen LogP contribution is -2.25. The Morgan fingerprint density at radius 2 is 2.05 bits per heavy atom. The Hall–Kier alpha value is -0.830. The van der Waals surface area contributed by atoms with Crippen molar-refractivity contribution in [1.82, 2.24) is 0 Å². The number of aliphatic hydroxyl groups excluding tert-OH is 1. The topological polar surface area (TPSA) is 46.5 Å². The predicted molar refractivity (Wildman–Crippen MR) is 76.8 cm³/mol. The Bertz CT molecular complexity index is 325. The molecule has 19 heavy (non-hydrogen) atoms. The fourth-order valence-electron chi connectivity index (χ4n) is 2.50. The van der Waals surface area contributed by atoms with Gasteiger partial charge in [-0.25, -0.2) is 4.79 Å². The number of carbonyl (C=O) groups excluding carboxylic acids is 1. The Kier molecular flexibility index (Phi) is 6.05. The van der Waals surface area contributed by atoms with E-state index in [4.69, 9.17) is 4.74 Å². The lowest BCUT2D eigenvalue weighted by atomic mass is 9.84. The van der Waals surface area contributed by atoms with Crippen molar-refractivity contribution in [2.75, 3.05) is 0 Å². The standard InChI is InChI=1S/C16H28O3/c1-5-13(15(18)19-16(2,3)4)10-9-12-7-6-8-14(17)11-12/h10,12,14,17H,5-9,11H2,1-4H3. The van der Waals surface area contributed by atoms with E-state index in [2.05, 4.69) is 0 Å². The monoisotopic (exact) mass is 268 g/mol. The Morgan fingerprint density at radius 3 is 2.58 bits per heavy atom. The van der Waals surface area contributed by atoms with E-state index in [1.807, 2.05) is 33.8 Å². The minimum Gasteiger partial charge on any atom is -0.457 e. The van der Waals surface area contributed by atoms with Gasteiger partial charge < -0.3 is 9.84 Å². The van der Waals surface area contributed by atoms with E-state index >= 15 is 0 Å². The highest BCUT2D eigenvalue weighted by atomic mass is 16.6. The van der Waals surface area contributed by atoms with Crippen LogP contribution < -0.4 is 0 Å². The van der Waals surface area contributed by atoms with Crippen LogP contribution in [0.15, 0.2) is 11.6 Å². The Labute approximate surface area is 117 Å². The third-order valence-corrected chi connectivity index (χ3v) is 3.49. The van der Waals surface area contributed by atoms with Gasteiger partial charge in [0, 0.05) is 5.57 Å². The second-order valence-electron chi connectivity index (χ2n) is 6.51. The van der Waals surface area contributed by atoms with Gasteiger partial charge in [0.25, 0.3) is 0 Å². The molecule has 0 spiro atoms. The summed E-state index contributed by atoms with van der Waals surface area (Å²) in [6.07, 6.45) is 7.46. The zero-order chi connectivity index (χ0) is 14.5. The molecule has 2 unspecified atom stereocenters. The van der Waals surface area contributed by atoms with Crippen molar-refractivity contribution < 1.29 is 14.6 Å². The summed E-state index contributed by atoms with van der Waals surface area (Å²) < 4.78 is 5.40. The third kappa shape index (κ3) is 6.24. The summed E-state index contributed by atoms with van der Waals surface area (Å²) in [7, 11) is 0. The maximum absolute atomic E-state index is 12.0. The molecule has 0 radical (unpaired) electrons. The summed E-state index contributed by atoms with van der Waals surface area (Å²) in [6.45, 7) is 7.63. The molecular formula is C16H28O3. The van der Waals surface area contributed by atoms with Crippen molar-refractivity contribution >= 4 is 5.97 Å². The van der Waals surface area contributed by atoms with Crippen LogP contribution in [0.25, 0.3) is 0 Å². The lowest BCUT2D eigenvalue weighted by Gasteiger charge is -2.25. The van der Waals surface area contributed by atoms with Gasteiger partial charge in [0.2, 0.25) is 0 Å². The summed E-state index contributed by atoms with van der Waals surface area (Å²) in [5, 5.41) is 9.65. The van der Waals surface area contributed by atoms with E-state index in [1.165, 1.54) is 0 Å².